The van der Waals surface area contributed by atoms with E-state index in [2.05, 4.69) is 43.2 Å². The highest BCUT2D eigenvalue weighted by molar-refractivity contribution is 7.12. The summed E-state index contributed by atoms with van der Waals surface area (Å²) in [7, 11) is 2.06. The van der Waals surface area contributed by atoms with Crippen molar-refractivity contribution in [3.63, 3.8) is 0 Å². The lowest BCUT2D eigenvalue weighted by atomic mass is 9.96. The highest BCUT2D eigenvalue weighted by Gasteiger charge is 2.24. The molecular formula is C15H26N2S. The number of nitrogens with zero attached hydrogens (tertiary/aromatic N) is 1. The third kappa shape index (κ3) is 3.34. The van der Waals surface area contributed by atoms with Crippen molar-refractivity contribution in [3.8, 4) is 0 Å². The van der Waals surface area contributed by atoms with Gasteiger partial charge in [-0.2, -0.15) is 0 Å². The van der Waals surface area contributed by atoms with Gasteiger partial charge in [-0.25, -0.2) is 0 Å². The van der Waals surface area contributed by atoms with Crippen LogP contribution in [0.2, 0.25) is 0 Å². The predicted molar refractivity (Wildman–Crippen MR) is 80.3 cm³/mol. The molecule has 2 nitrogen and oxygen atoms in total. The minimum Gasteiger partial charge on any atom is -0.319 e. The fraction of sp³-hybridized carbons (Fsp3) is 0.733. The van der Waals surface area contributed by atoms with Crippen molar-refractivity contribution in [2.75, 3.05) is 26.7 Å². The van der Waals surface area contributed by atoms with Gasteiger partial charge in [0.1, 0.15) is 0 Å². The number of rotatable bonds is 5. The molecule has 0 aromatic carbocycles. The summed E-state index contributed by atoms with van der Waals surface area (Å²) in [4.78, 5) is 5.72. The van der Waals surface area contributed by atoms with Crippen molar-refractivity contribution in [3.05, 3.63) is 21.9 Å². The van der Waals surface area contributed by atoms with Crippen LogP contribution >= 0.6 is 11.3 Å². The average Bonchev–Trinajstić information content (AvgIpc) is 2.87. The average molecular weight is 266 g/mol. The molecule has 0 spiro atoms. The number of thiophene rings is 1. The van der Waals surface area contributed by atoms with E-state index in [1.54, 1.807) is 0 Å². The molecule has 18 heavy (non-hydrogen) atoms. The summed E-state index contributed by atoms with van der Waals surface area (Å²) in [6.07, 6.45) is 3.90. The summed E-state index contributed by atoms with van der Waals surface area (Å²) >= 11 is 1.99. The third-order valence-corrected chi connectivity index (χ3v) is 5.43. The zero-order valence-electron chi connectivity index (χ0n) is 11.9. The number of aryl methyl sites for hydroxylation is 1. The zero-order valence-corrected chi connectivity index (χ0v) is 12.7. The van der Waals surface area contributed by atoms with Crippen LogP contribution in [0.4, 0.5) is 0 Å². The van der Waals surface area contributed by atoms with Crippen molar-refractivity contribution < 1.29 is 0 Å². The maximum Gasteiger partial charge on any atom is 0.0413 e. The van der Waals surface area contributed by atoms with Crippen molar-refractivity contribution >= 4 is 11.3 Å². The molecule has 102 valence electrons. The first-order chi connectivity index (χ1) is 8.74. The molecule has 0 amide bonds. The Hall–Kier alpha value is -0.380. The van der Waals surface area contributed by atoms with Gasteiger partial charge in [-0.15, -0.1) is 11.3 Å². The fourth-order valence-electron chi connectivity index (χ4n) is 2.89. The van der Waals surface area contributed by atoms with Crippen molar-refractivity contribution in [2.24, 2.45) is 5.92 Å². The molecule has 1 fully saturated rings. The molecule has 2 rings (SSSR count). The number of hydrogen-bond donors (Lipinski definition) is 1. The topological polar surface area (TPSA) is 15.3 Å². The summed E-state index contributed by atoms with van der Waals surface area (Å²) < 4.78 is 0. The van der Waals surface area contributed by atoms with E-state index in [-0.39, 0.29) is 0 Å². The first-order valence-corrected chi connectivity index (χ1v) is 8.03. The molecular weight excluding hydrogens is 240 g/mol. The molecule has 2 heterocycles. The molecule has 2 atom stereocenters. The maximum atomic E-state index is 3.33. The number of hydrogen-bond acceptors (Lipinski definition) is 3. The maximum absolute atomic E-state index is 3.33. The van der Waals surface area contributed by atoms with Gasteiger partial charge < -0.3 is 5.32 Å². The van der Waals surface area contributed by atoms with Crippen molar-refractivity contribution in [1.82, 2.24) is 10.2 Å². The van der Waals surface area contributed by atoms with Crippen LogP contribution in [0.25, 0.3) is 0 Å². The monoisotopic (exact) mass is 266 g/mol. The Kier molecular flexibility index (Phi) is 5.22. The van der Waals surface area contributed by atoms with Gasteiger partial charge in [0.05, 0.1) is 0 Å². The van der Waals surface area contributed by atoms with Crippen molar-refractivity contribution in [2.45, 2.75) is 39.2 Å². The summed E-state index contributed by atoms with van der Waals surface area (Å²) in [5.41, 5.74) is 0. The van der Waals surface area contributed by atoms with Gasteiger partial charge in [0.25, 0.3) is 0 Å². The van der Waals surface area contributed by atoms with E-state index in [1.165, 1.54) is 42.1 Å². The second-order valence-electron chi connectivity index (χ2n) is 5.39. The Balaban J connectivity index is 1.97. The van der Waals surface area contributed by atoms with E-state index < -0.39 is 0 Å². The molecule has 0 saturated carbocycles. The molecule has 1 aromatic heterocycles. The summed E-state index contributed by atoms with van der Waals surface area (Å²) in [6, 6.07) is 5.22. The summed E-state index contributed by atoms with van der Waals surface area (Å²) in [6.45, 7) is 8.28. The quantitative estimate of drug-likeness (QED) is 0.879. The van der Waals surface area contributed by atoms with Crippen LogP contribution in [0, 0.1) is 5.92 Å². The molecule has 1 aliphatic heterocycles. The highest BCUT2D eigenvalue weighted by Crippen LogP contribution is 2.30. The predicted octanol–water partition coefficient (Wildman–Crippen LogP) is 3.30. The third-order valence-electron chi connectivity index (χ3n) is 4.03. The second kappa shape index (κ2) is 6.69. The SMILES string of the molecule is CCc1ccc(C(C)N2CCCC(CNC)C2)s1. The fourth-order valence-corrected chi connectivity index (χ4v) is 3.93. The lowest BCUT2D eigenvalue weighted by Gasteiger charge is -2.36. The number of likely N-dealkylation sites (tertiary alicyclic amines) is 1. The first-order valence-electron chi connectivity index (χ1n) is 7.21. The first kappa shape index (κ1) is 14.0. The van der Waals surface area contributed by atoms with Gasteiger partial charge in [-0.3, -0.25) is 4.90 Å². The molecule has 1 saturated heterocycles. The van der Waals surface area contributed by atoms with Crippen LogP contribution in [0.5, 0.6) is 0 Å². The van der Waals surface area contributed by atoms with Crippen LogP contribution in [0.15, 0.2) is 12.1 Å². The van der Waals surface area contributed by atoms with Crippen LogP contribution in [0.3, 0.4) is 0 Å². The largest absolute Gasteiger partial charge is 0.319 e. The zero-order chi connectivity index (χ0) is 13.0. The van der Waals surface area contributed by atoms with E-state index in [4.69, 9.17) is 0 Å². The minimum atomic E-state index is 0.593. The Labute approximate surface area is 115 Å². The van der Waals surface area contributed by atoms with E-state index in [9.17, 15) is 0 Å². The molecule has 2 unspecified atom stereocenters. The van der Waals surface area contributed by atoms with E-state index in [1.807, 2.05) is 11.3 Å². The Morgan fingerprint density at radius 2 is 2.33 bits per heavy atom. The van der Waals surface area contributed by atoms with Gasteiger partial charge in [0.15, 0.2) is 0 Å². The molecule has 3 heteroatoms. The van der Waals surface area contributed by atoms with Crippen LogP contribution in [-0.2, 0) is 6.42 Å². The Morgan fingerprint density at radius 1 is 1.50 bits per heavy atom. The number of nitrogens with one attached hydrogen (secondary N) is 1. The smallest absolute Gasteiger partial charge is 0.0413 e. The second-order valence-corrected chi connectivity index (χ2v) is 6.59. The summed E-state index contributed by atoms with van der Waals surface area (Å²) in [5, 5.41) is 3.33. The molecule has 1 aliphatic rings. The molecule has 0 bridgehead atoms. The molecule has 1 N–H and O–H groups in total. The van der Waals surface area contributed by atoms with E-state index in [0.29, 0.717) is 6.04 Å². The van der Waals surface area contributed by atoms with Gasteiger partial charge in [0, 0.05) is 22.3 Å². The van der Waals surface area contributed by atoms with Crippen LogP contribution in [-0.4, -0.2) is 31.6 Å². The molecule has 1 aromatic rings. The van der Waals surface area contributed by atoms with Crippen LogP contribution in [0.1, 0.15) is 42.5 Å². The Morgan fingerprint density at radius 3 is 3.00 bits per heavy atom. The van der Waals surface area contributed by atoms with Gasteiger partial charge in [-0.05, 0) is 64.4 Å². The van der Waals surface area contributed by atoms with Gasteiger partial charge in [0.2, 0.25) is 0 Å². The summed E-state index contributed by atoms with van der Waals surface area (Å²) in [5.74, 6) is 0.830. The van der Waals surface area contributed by atoms with Crippen LogP contribution < -0.4 is 5.32 Å². The Bertz CT molecular complexity index is 359. The molecule has 0 aliphatic carbocycles. The highest BCUT2D eigenvalue weighted by atomic mass is 32.1. The van der Waals surface area contributed by atoms with Gasteiger partial charge >= 0.3 is 0 Å². The lowest BCUT2D eigenvalue weighted by Crippen LogP contribution is -2.40. The van der Waals surface area contributed by atoms with E-state index >= 15 is 0 Å². The minimum absolute atomic E-state index is 0.593. The molecule has 0 radical (unpaired) electrons. The number of piperidine rings is 1. The lowest BCUT2D eigenvalue weighted by molar-refractivity contribution is 0.133. The van der Waals surface area contributed by atoms with Crippen molar-refractivity contribution in [1.29, 1.82) is 0 Å². The van der Waals surface area contributed by atoms with Gasteiger partial charge in [-0.1, -0.05) is 6.92 Å². The van der Waals surface area contributed by atoms with E-state index in [0.717, 1.165) is 12.5 Å². The normalized spacial score (nSPS) is 23.2. The standard InChI is InChI=1S/C15H26N2S/c1-4-14-7-8-15(18-14)12(2)17-9-5-6-13(11-17)10-16-3/h7-8,12-13,16H,4-6,9-11H2,1-3H3.